The zero-order valence-corrected chi connectivity index (χ0v) is 18.6. The van der Waals surface area contributed by atoms with Gasteiger partial charge in [-0.3, -0.25) is 4.79 Å². The third-order valence-corrected chi connectivity index (χ3v) is 6.65. The quantitative estimate of drug-likeness (QED) is 0.619. The summed E-state index contributed by atoms with van der Waals surface area (Å²) >= 11 is 0. The van der Waals surface area contributed by atoms with Crippen LogP contribution in [0.4, 0.5) is 11.5 Å². The number of carbonyl (C=O) groups is 1. The van der Waals surface area contributed by atoms with Gasteiger partial charge in [-0.1, -0.05) is 30.3 Å². The Kier molecular flexibility index (Phi) is 5.52. The number of anilines is 2. The molecule has 1 atom stereocenters. The van der Waals surface area contributed by atoms with E-state index in [4.69, 9.17) is 4.74 Å². The fraction of sp³-hybridized carbons (Fsp3) is 0.346. The van der Waals surface area contributed by atoms with Gasteiger partial charge >= 0.3 is 0 Å². The number of aromatic nitrogens is 2. The molecule has 1 fully saturated rings. The fourth-order valence-corrected chi connectivity index (χ4v) is 4.95. The summed E-state index contributed by atoms with van der Waals surface area (Å²) in [6, 6.07) is 20.3. The van der Waals surface area contributed by atoms with Gasteiger partial charge in [-0.2, -0.15) is 0 Å². The number of carbonyl (C=O) groups excluding carboxylic acids is 1. The Bertz CT molecular complexity index is 1110. The lowest BCUT2D eigenvalue weighted by Gasteiger charge is -2.35. The van der Waals surface area contributed by atoms with Crippen molar-refractivity contribution < 1.29 is 9.53 Å². The molecule has 1 amide bonds. The molecule has 0 saturated carbocycles. The summed E-state index contributed by atoms with van der Waals surface area (Å²) in [4.78, 5) is 17.6. The van der Waals surface area contributed by atoms with Crippen LogP contribution in [0, 0.1) is 5.92 Å². The van der Waals surface area contributed by atoms with E-state index in [1.54, 1.807) is 7.11 Å². The number of hydrogen-bond donors (Lipinski definition) is 0. The number of amides is 1. The molecule has 3 aromatic rings. The molecule has 0 spiro atoms. The molecule has 3 heterocycles. The van der Waals surface area contributed by atoms with Gasteiger partial charge in [0.1, 0.15) is 5.75 Å². The van der Waals surface area contributed by atoms with Crippen LogP contribution in [0.25, 0.3) is 11.3 Å². The second-order valence-corrected chi connectivity index (χ2v) is 8.63. The second-order valence-electron chi connectivity index (χ2n) is 8.63. The SMILES string of the molecule is COc1ccccc1-c1ccc(N2CCC(C(=O)N3c4ccccc4C[C@H]3C)CC2)nn1. The Hall–Kier alpha value is -3.41. The molecule has 6 nitrogen and oxygen atoms in total. The van der Waals surface area contributed by atoms with Crippen molar-refractivity contribution in [3.8, 4) is 17.0 Å². The summed E-state index contributed by atoms with van der Waals surface area (Å²) in [6.45, 7) is 3.76. The Morgan fingerprint density at radius 1 is 0.969 bits per heavy atom. The number of hydrogen-bond acceptors (Lipinski definition) is 5. The molecule has 2 aromatic carbocycles. The number of ether oxygens (including phenoxy) is 1. The Labute approximate surface area is 188 Å². The van der Waals surface area contributed by atoms with E-state index in [-0.39, 0.29) is 17.9 Å². The van der Waals surface area contributed by atoms with Crippen LogP contribution in [0.3, 0.4) is 0 Å². The molecular weight excluding hydrogens is 400 g/mol. The minimum absolute atomic E-state index is 0.0562. The first-order valence-corrected chi connectivity index (χ1v) is 11.3. The average molecular weight is 429 g/mol. The van der Waals surface area contributed by atoms with Crippen molar-refractivity contribution in [1.82, 2.24) is 10.2 Å². The lowest BCUT2D eigenvalue weighted by atomic mass is 9.94. The molecule has 0 radical (unpaired) electrons. The monoisotopic (exact) mass is 428 g/mol. The highest BCUT2D eigenvalue weighted by atomic mass is 16.5. The molecule has 1 saturated heterocycles. The maximum atomic E-state index is 13.3. The third-order valence-electron chi connectivity index (χ3n) is 6.65. The van der Waals surface area contributed by atoms with Crippen molar-refractivity contribution in [3.05, 3.63) is 66.2 Å². The summed E-state index contributed by atoms with van der Waals surface area (Å²) in [5.74, 6) is 1.96. The van der Waals surface area contributed by atoms with Crippen LogP contribution in [-0.2, 0) is 11.2 Å². The standard InChI is InChI=1S/C26H28N4O2/c1-18-17-20-7-3-5-9-23(20)30(18)26(31)19-13-15-29(16-14-19)25-12-11-22(27-28-25)21-8-4-6-10-24(21)32-2/h3-12,18-19H,13-17H2,1-2H3/t18-/m1/s1. The van der Waals surface area contributed by atoms with E-state index in [1.807, 2.05) is 47.4 Å². The minimum Gasteiger partial charge on any atom is -0.496 e. The largest absolute Gasteiger partial charge is 0.496 e. The predicted octanol–water partition coefficient (Wildman–Crippen LogP) is 4.35. The van der Waals surface area contributed by atoms with Crippen molar-refractivity contribution in [1.29, 1.82) is 0 Å². The first-order valence-electron chi connectivity index (χ1n) is 11.3. The number of rotatable bonds is 4. The summed E-state index contributed by atoms with van der Waals surface area (Å²) in [7, 11) is 1.66. The van der Waals surface area contributed by atoms with E-state index < -0.39 is 0 Å². The van der Waals surface area contributed by atoms with Crippen molar-refractivity contribution >= 4 is 17.4 Å². The first-order chi connectivity index (χ1) is 15.7. The Morgan fingerprint density at radius 2 is 1.72 bits per heavy atom. The first kappa shape index (κ1) is 20.5. The molecule has 5 rings (SSSR count). The van der Waals surface area contributed by atoms with Crippen molar-refractivity contribution in [2.75, 3.05) is 30.0 Å². The molecule has 0 bridgehead atoms. The second kappa shape index (κ2) is 8.61. The molecule has 0 N–H and O–H groups in total. The van der Waals surface area contributed by atoms with Gasteiger partial charge < -0.3 is 14.5 Å². The van der Waals surface area contributed by atoms with Crippen LogP contribution >= 0.6 is 0 Å². The van der Waals surface area contributed by atoms with E-state index in [0.29, 0.717) is 0 Å². The predicted molar refractivity (Wildman–Crippen MR) is 126 cm³/mol. The number of piperidine rings is 1. The van der Waals surface area contributed by atoms with Crippen LogP contribution in [-0.4, -0.2) is 42.3 Å². The Morgan fingerprint density at radius 3 is 2.47 bits per heavy atom. The van der Waals surface area contributed by atoms with Gasteiger partial charge in [-0.15, -0.1) is 10.2 Å². The van der Waals surface area contributed by atoms with E-state index >= 15 is 0 Å². The maximum Gasteiger partial charge on any atom is 0.230 e. The molecule has 2 aliphatic heterocycles. The third kappa shape index (κ3) is 3.70. The van der Waals surface area contributed by atoms with Gasteiger partial charge in [0.2, 0.25) is 5.91 Å². The lowest BCUT2D eigenvalue weighted by Crippen LogP contribution is -2.45. The smallest absolute Gasteiger partial charge is 0.230 e. The lowest BCUT2D eigenvalue weighted by molar-refractivity contribution is -0.123. The molecule has 6 heteroatoms. The fourth-order valence-electron chi connectivity index (χ4n) is 4.95. The van der Waals surface area contributed by atoms with E-state index in [2.05, 4.69) is 40.2 Å². The zero-order chi connectivity index (χ0) is 22.1. The number of benzene rings is 2. The number of methoxy groups -OCH3 is 1. The van der Waals surface area contributed by atoms with Crippen molar-refractivity contribution in [2.24, 2.45) is 5.92 Å². The minimum atomic E-state index is 0.0562. The summed E-state index contributed by atoms with van der Waals surface area (Å²) in [5, 5.41) is 8.91. The molecule has 32 heavy (non-hydrogen) atoms. The molecule has 1 aromatic heterocycles. The Balaban J connectivity index is 1.25. The number of fused-ring (bicyclic) bond motifs is 1. The highest BCUT2D eigenvalue weighted by Crippen LogP contribution is 2.35. The highest BCUT2D eigenvalue weighted by molar-refractivity contribution is 5.97. The average Bonchev–Trinajstić information content (AvgIpc) is 3.19. The van der Waals surface area contributed by atoms with Gasteiger partial charge in [0.15, 0.2) is 5.82 Å². The van der Waals surface area contributed by atoms with E-state index in [1.165, 1.54) is 5.56 Å². The van der Waals surface area contributed by atoms with Gasteiger partial charge in [-0.25, -0.2) is 0 Å². The van der Waals surface area contributed by atoms with Crippen LogP contribution in [0.2, 0.25) is 0 Å². The number of nitrogens with zero attached hydrogens (tertiary/aromatic N) is 4. The van der Waals surface area contributed by atoms with Gasteiger partial charge in [0, 0.05) is 36.3 Å². The molecule has 0 aliphatic carbocycles. The van der Waals surface area contributed by atoms with Crippen LogP contribution in [0.1, 0.15) is 25.3 Å². The summed E-state index contributed by atoms with van der Waals surface area (Å²) < 4.78 is 5.44. The van der Waals surface area contributed by atoms with Gasteiger partial charge in [-0.05, 0) is 62.1 Å². The maximum absolute atomic E-state index is 13.3. The topological polar surface area (TPSA) is 58.6 Å². The molecule has 0 unspecified atom stereocenters. The summed E-state index contributed by atoms with van der Waals surface area (Å²) in [5.41, 5.74) is 4.08. The summed E-state index contributed by atoms with van der Waals surface area (Å²) in [6.07, 6.45) is 2.61. The van der Waals surface area contributed by atoms with Crippen molar-refractivity contribution in [3.63, 3.8) is 0 Å². The van der Waals surface area contributed by atoms with Crippen LogP contribution < -0.4 is 14.5 Å². The van der Waals surface area contributed by atoms with E-state index in [0.717, 1.165) is 60.9 Å². The van der Waals surface area contributed by atoms with Crippen LogP contribution in [0.15, 0.2) is 60.7 Å². The highest BCUT2D eigenvalue weighted by Gasteiger charge is 2.36. The molecule has 2 aliphatic rings. The van der Waals surface area contributed by atoms with Crippen LogP contribution in [0.5, 0.6) is 5.75 Å². The van der Waals surface area contributed by atoms with Crippen molar-refractivity contribution in [2.45, 2.75) is 32.2 Å². The molecule has 164 valence electrons. The van der Waals surface area contributed by atoms with Gasteiger partial charge in [0.05, 0.1) is 12.8 Å². The molecular formula is C26H28N4O2. The van der Waals surface area contributed by atoms with E-state index in [9.17, 15) is 4.79 Å². The zero-order valence-electron chi connectivity index (χ0n) is 18.6. The normalized spacial score (nSPS) is 18.5. The number of para-hydroxylation sites is 2. The van der Waals surface area contributed by atoms with Gasteiger partial charge in [0.25, 0.3) is 0 Å².